The van der Waals surface area contributed by atoms with Crippen LogP contribution < -0.4 is 11.1 Å². The van der Waals surface area contributed by atoms with Gasteiger partial charge in [-0.05, 0) is 56.1 Å². The summed E-state index contributed by atoms with van der Waals surface area (Å²) in [5, 5.41) is 12.1. The van der Waals surface area contributed by atoms with E-state index in [0.717, 1.165) is 41.9 Å². The van der Waals surface area contributed by atoms with Crippen LogP contribution in [0.5, 0.6) is 0 Å². The first-order chi connectivity index (χ1) is 9.69. The van der Waals surface area contributed by atoms with Gasteiger partial charge in [-0.3, -0.25) is 4.99 Å². The minimum absolute atomic E-state index is 0.545. The molecule has 0 bridgehead atoms. The molecular weight excluding hydrogens is 248 g/mol. The molecule has 0 aliphatic carbocycles. The van der Waals surface area contributed by atoms with Crippen molar-refractivity contribution >= 4 is 11.3 Å². The lowest BCUT2D eigenvalue weighted by Gasteiger charge is -2.12. The molecule has 0 radical (unpaired) electrons. The van der Waals surface area contributed by atoms with E-state index in [9.17, 15) is 0 Å². The van der Waals surface area contributed by atoms with Gasteiger partial charge in [0.05, 0.1) is 11.6 Å². The van der Waals surface area contributed by atoms with Crippen molar-refractivity contribution in [3.8, 4) is 6.07 Å². The normalized spacial score (nSPS) is 18.8. The molecule has 0 spiro atoms. The number of aryl methyl sites for hydroxylation is 1. The molecule has 1 aliphatic heterocycles. The van der Waals surface area contributed by atoms with E-state index in [1.54, 1.807) is 6.20 Å². The SMILES string of the molecule is CNCC1CN=C(C(=CN)c2ccc(C#N)cc2C)C1. The molecule has 0 amide bonds. The second-order valence-corrected chi connectivity index (χ2v) is 5.14. The number of nitriles is 1. The smallest absolute Gasteiger partial charge is 0.0991 e. The molecule has 2 rings (SSSR count). The highest BCUT2D eigenvalue weighted by molar-refractivity contribution is 6.24. The number of aliphatic imine (C=N–C) groups is 1. The van der Waals surface area contributed by atoms with E-state index in [4.69, 9.17) is 11.0 Å². The number of nitrogens with zero attached hydrogens (tertiary/aromatic N) is 2. The molecule has 1 aromatic rings. The lowest BCUT2D eigenvalue weighted by atomic mass is 9.93. The van der Waals surface area contributed by atoms with Crippen molar-refractivity contribution in [1.82, 2.24) is 5.32 Å². The highest BCUT2D eigenvalue weighted by Gasteiger charge is 2.22. The fraction of sp³-hybridized carbons (Fsp3) is 0.375. The van der Waals surface area contributed by atoms with Crippen LogP contribution in [0.1, 0.15) is 23.1 Å². The van der Waals surface area contributed by atoms with Gasteiger partial charge in [-0.15, -0.1) is 0 Å². The molecule has 0 saturated carbocycles. The maximum Gasteiger partial charge on any atom is 0.0991 e. The van der Waals surface area contributed by atoms with Crippen molar-refractivity contribution in [2.45, 2.75) is 13.3 Å². The summed E-state index contributed by atoms with van der Waals surface area (Å²) >= 11 is 0. The predicted molar refractivity (Wildman–Crippen MR) is 82.4 cm³/mol. The van der Waals surface area contributed by atoms with Crippen LogP contribution >= 0.6 is 0 Å². The van der Waals surface area contributed by atoms with E-state index in [0.29, 0.717) is 11.5 Å². The van der Waals surface area contributed by atoms with E-state index in [1.807, 2.05) is 32.2 Å². The number of nitrogens with one attached hydrogen (secondary N) is 1. The zero-order valence-electron chi connectivity index (χ0n) is 12.0. The maximum absolute atomic E-state index is 8.93. The van der Waals surface area contributed by atoms with Gasteiger partial charge >= 0.3 is 0 Å². The average Bonchev–Trinajstić information content (AvgIpc) is 2.90. The number of hydrogen-bond donors (Lipinski definition) is 2. The second kappa shape index (κ2) is 6.36. The van der Waals surface area contributed by atoms with Crippen molar-refractivity contribution in [1.29, 1.82) is 5.26 Å². The average molecular weight is 268 g/mol. The Balaban J connectivity index is 2.25. The Kier molecular flexibility index (Phi) is 4.54. The van der Waals surface area contributed by atoms with Gasteiger partial charge in [0.15, 0.2) is 0 Å². The third-order valence-electron chi connectivity index (χ3n) is 3.64. The molecule has 1 unspecified atom stereocenters. The topological polar surface area (TPSA) is 74.2 Å². The van der Waals surface area contributed by atoms with Crippen molar-refractivity contribution in [3.63, 3.8) is 0 Å². The first kappa shape index (κ1) is 14.3. The summed E-state index contributed by atoms with van der Waals surface area (Å²) in [5.74, 6) is 0.545. The third kappa shape index (κ3) is 2.89. The summed E-state index contributed by atoms with van der Waals surface area (Å²) in [6.07, 6.45) is 2.58. The maximum atomic E-state index is 8.93. The number of hydrogen-bond acceptors (Lipinski definition) is 4. The van der Waals surface area contributed by atoms with E-state index < -0.39 is 0 Å². The van der Waals surface area contributed by atoms with Gasteiger partial charge in [-0.1, -0.05) is 6.07 Å². The lowest BCUT2D eigenvalue weighted by Crippen LogP contribution is -2.19. The fourth-order valence-corrected chi connectivity index (χ4v) is 2.64. The summed E-state index contributed by atoms with van der Waals surface area (Å²) in [4.78, 5) is 4.63. The number of nitrogens with two attached hydrogens (primary N) is 1. The third-order valence-corrected chi connectivity index (χ3v) is 3.64. The zero-order chi connectivity index (χ0) is 14.5. The summed E-state index contributed by atoms with van der Waals surface area (Å²) in [6.45, 7) is 3.82. The minimum Gasteiger partial charge on any atom is -0.404 e. The Morgan fingerprint density at radius 3 is 3.00 bits per heavy atom. The molecular formula is C16H20N4. The van der Waals surface area contributed by atoms with Gasteiger partial charge in [0.2, 0.25) is 0 Å². The molecule has 0 fully saturated rings. The van der Waals surface area contributed by atoms with Crippen molar-refractivity contribution in [3.05, 3.63) is 41.1 Å². The van der Waals surface area contributed by atoms with Crippen LogP contribution in [0.4, 0.5) is 0 Å². The van der Waals surface area contributed by atoms with Crippen LogP contribution in [0.3, 0.4) is 0 Å². The van der Waals surface area contributed by atoms with Crippen LogP contribution in [0.2, 0.25) is 0 Å². The molecule has 1 heterocycles. The molecule has 0 saturated heterocycles. The Bertz CT molecular complexity index is 593. The Morgan fingerprint density at radius 1 is 1.60 bits per heavy atom. The van der Waals surface area contributed by atoms with E-state index in [-0.39, 0.29) is 0 Å². The Labute approximate surface area is 120 Å². The lowest BCUT2D eigenvalue weighted by molar-refractivity contribution is 0.553. The van der Waals surface area contributed by atoms with Crippen LogP contribution in [0.25, 0.3) is 5.57 Å². The predicted octanol–water partition coefficient (Wildman–Crippen LogP) is 1.85. The van der Waals surface area contributed by atoms with Gasteiger partial charge in [-0.25, -0.2) is 0 Å². The van der Waals surface area contributed by atoms with Crippen molar-refractivity contribution in [2.24, 2.45) is 16.6 Å². The highest BCUT2D eigenvalue weighted by Crippen LogP contribution is 2.27. The van der Waals surface area contributed by atoms with Gasteiger partial charge in [0.25, 0.3) is 0 Å². The zero-order valence-corrected chi connectivity index (χ0v) is 12.0. The van der Waals surface area contributed by atoms with Gasteiger partial charge < -0.3 is 11.1 Å². The van der Waals surface area contributed by atoms with Crippen molar-refractivity contribution in [2.75, 3.05) is 20.1 Å². The molecule has 4 nitrogen and oxygen atoms in total. The molecule has 1 aliphatic rings. The highest BCUT2D eigenvalue weighted by atomic mass is 14.9. The summed E-state index contributed by atoms with van der Waals surface area (Å²) in [6, 6.07) is 7.83. The molecule has 3 N–H and O–H groups in total. The monoisotopic (exact) mass is 268 g/mol. The summed E-state index contributed by atoms with van der Waals surface area (Å²) in [5.41, 5.74) is 10.7. The minimum atomic E-state index is 0.545. The largest absolute Gasteiger partial charge is 0.404 e. The van der Waals surface area contributed by atoms with Gasteiger partial charge in [0.1, 0.15) is 0 Å². The van der Waals surface area contributed by atoms with Gasteiger partial charge in [-0.2, -0.15) is 5.26 Å². The van der Waals surface area contributed by atoms with Crippen molar-refractivity contribution < 1.29 is 0 Å². The second-order valence-electron chi connectivity index (χ2n) is 5.14. The molecule has 0 aromatic heterocycles. The molecule has 20 heavy (non-hydrogen) atoms. The van der Waals surface area contributed by atoms with Gasteiger partial charge in [0, 0.05) is 24.0 Å². The standard InChI is InChI=1S/C16H20N4/c1-11-5-12(7-17)3-4-14(11)15(8-18)16-6-13(9-19-2)10-20-16/h3-5,8,13,19H,6,9-10,18H2,1-2H3. The molecule has 1 aromatic carbocycles. The number of allylic oxidation sites excluding steroid dienone is 1. The first-order valence-electron chi connectivity index (χ1n) is 6.81. The van der Waals surface area contributed by atoms with E-state index in [1.165, 1.54) is 0 Å². The van der Waals surface area contributed by atoms with Crippen LogP contribution in [-0.2, 0) is 0 Å². The summed E-state index contributed by atoms with van der Waals surface area (Å²) < 4.78 is 0. The fourth-order valence-electron chi connectivity index (χ4n) is 2.64. The molecule has 1 atom stereocenters. The Hall–Kier alpha value is -2.12. The number of benzene rings is 1. The quantitative estimate of drug-likeness (QED) is 0.875. The Morgan fingerprint density at radius 2 is 2.40 bits per heavy atom. The van der Waals surface area contributed by atoms with Crippen LogP contribution in [0.15, 0.2) is 29.4 Å². The van der Waals surface area contributed by atoms with E-state index in [2.05, 4.69) is 16.4 Å². The molecule has 104 valence electrons. The van der Waals surface area contributed by atoms with E-state index >= 15 is 0 Å². The summed E-state index contributed by atoms with van der Waals surface area (Å²) in [7, 11) is 1.96. The number of rotatable bonds is 4. The van der Waals surface area contributed by atoms with Crippen LogP contribution in [0, 0.1) is 24.2 Å². The van der Waals surface area contributed by atoms with Crippen LogP contribution in [-0.4, -0.2) is 25.8 Å². The first-order valence-corrected chi connectivity index (χ1v) is 6.81. The molecule has 4 heteroatoms.